The molecule has 0 spiro atoms. The van der Waals surface area contributed by atoms with Gasteiger partial charge >= 0.3 is 5.97 Å². The second-order valence-electron chi connectivity index (χ2n) is 7.51. The maximum Gasteiger partial charge on any atom is 0.338 e. The van der Waals surface area contributed by atoms with Crippen molar-refractivity contribution in [2.24, 2.45) is 0 Å². The van der Waals surface area contributed by atoms with E-state index in [4.69, 9.17) is 16.3 Å². The smallest absolute Gasteiger partial charge is 0.338 e. The van der Waals surface area contributed by atoms with Crippen molar-refractivity contribution in [2.75, 3.05) is 18.5 Å². The van der Waals surface area contributed by atoms with Gasteiger partial charge in [0.2, 0.25) is 5.91 Å². The van der Waals surface area contributed by atoms with E-state index in [2.05, 4.69) is 10.7 Å². The van der Waals surface area contributed by atoms with Crippen LogP contribution in [0.4, 0.5) is 5.69 Å². The zero-order valence-electron chi connectivity index (χ0n) is 17.5. The molecule has 2 amide bonds. The molecule has 8 nitrogen and oxygen atoms in total. The molecule has 9 heteroatoms. The highest BCUT2D eigenvalue weighted by Crippen LogP contribution is 2.31. The number of nitrogens with zero attached hydrogens (tertiary/aromatic N) is 2. The third-order valence-electron chi connectivity index (χ3n) is 5.32. The van der Waals surface area contributed by atoms with Crippen LogP contribution in [0.2, 0.25) is 5.02 Å². The Balaban J connectivity index is 1.37. The number of carbonyl (C=O) groups excluding carboxylic acids is 3. The number of carbonyl (C=O) groups is 3. The van der Waals surface area contributed by atoms with Gasteiger partial charge in [-0.15, -0.1) is 0 Å². The molecule has 32 heavy (non-hydrogen) atoms. The van der Waals surface area contributed by atoms with Gasteiger partial charge in [0.25, 0.3) is 5.91 Å². The monoisotopic (exact) mass is 454 g/mol. The normalized spacial score (nSPS) is 19.6. The van der Waals surface area contributed by atoms with Crippen LogP contribution in [0.3, 0.4) is 0 Å². The number of ether oxygens (including phenoxy) is 1. The van der Waals surface area contributed by atoms with Crippen LogP contribution in [0.1, 0.15) is 35.3 Å². The maximum atomic E-state index is 13.0. The number of nitrogens with one attached hydrogen (secondary N) is 2. The largest absolute Gasteiger partial charge is 0.462 e. The summed E-state index contributed by atoms with van der Waals surface area (Å²) < 4.78 is 4.98. The van der Waals surface area contributed by atoms with Crippen LogP contribution in [-0.4, -0.2) is 46.9 Å². The number of hydrogen-bond acceptors (Lipinski definition) is 6. The molecule has 2 heterocycles. The van der Waals surface area contributed by atoms with Gasteiger partial charge in [-0.1, -0.05) is 29.8 Å². The molecular weight excluding hydrogens is 432 g/mol. The molecule has 1 saturated heterocycles. The molecular formula is C23H23ClN4O4. The number of hydrazine groups is 1. The van der Waals surface area contributed by atoms with Gasteiger partial charge in [-0.2, -0.15) is 0 Å². The molecule has 2 unspecified atom stereocenters. The first-order chi connectivity index (χ1) is 15.4. The summed E-state index contributed by atoms with van der Waals surface area (Å²) in [6, 6.07) is 13.6. The summed E-state index contributed by atoms with van der Waals surface area (Å²) in [6.45, 7) is 1.87. The summed E-state index contributed by atoms with van der Waals surface area (Å²) in [4.78, 5) is 38.8. The Morgan fingerprint density at radius 3 is 2.72 bits per heavy atom. The van der Waals surface area contributed by atoms with E-state index in [0.29, 0.717) is 22.7 Å². The lowest BCUT2D eigenvalue weighted by Crippen LogP contribution is -2.49. The van der Waals surface area contributed by atoms with Gasteiger partial charge in [0.15, 0.2) is 0 Å². The zero-order valence-corrected chi connectivity index (χ0v) is 18.2. The fraction of sp³-hybridized carbons (Fsp3) is 0.261. The van der Waals surface area contributed by atoms with Crippen molar-refractivity contribution in [3.8, 4) is 0 Å². The Labute approximate surface area is 190 Å². The molecule has 0 aromatic heterocycles. The second kappa shape index (κ2) is 9.42. The van der Waals surface area contributed by atoms with Crippen LogP contribution >= 0.6 is 11.6 Å². The fourth-order valence-electron chi connectivity index (χ4n) is 3.77. The summed E-state index contributed by atoms with van der Waals surface area (Å²) in [7, 11) is 0. The molecule has 2 aromatic rings. The second-order valence-corrected chi connectivity index (χ2v) is 7.94. The maximum absolute atomic E-state index is 13.0. The molecule has 1 fully saturated rings. The minimum absolute atomic E-state index is 0.0229. The van der Waals surface area contributed by atoms with Gasteiger partial charge in [-0.05, 0) is 49.2 Å². The van der Waals surface area contributed by atoms with Gasteiger partial charge in [0, 0.05) is 23.1 Å². The molecule has 4 rings (SSSR count). The molecule has 2 aliphatic heterocycles. The first-order valence-electron chi connectivity index (χ1n) is 10.3. The number of anilines is 1. The number of benzene rings is 2. The van der Waals surface area contributed by atoms with Crippen LogP contribution in [-0.2, 0) is 14.3 Å². The van der Waals surface area contributed by atoms with Crippen molar-refractivity contribution in [1.82, 2.24) is 15.3 Å². The molecule has 166 valence electrons. The van der Waals surface area contributed by atoms with Crippen molar-refractivity contribution >= 4 is 35.1 Å². The summed E-state index contributed by atoms with van der Waals surface area (Å²) in [5.41, 5.74) is 5.16. The van der Waals surface area contributed by atoms with Gasteiger partial charge in [0.1, 0.15) is 12.6 Å². The lowest BCUT2D eigenvalue weighted by Gasteiger charge is -2.31. The Kier molecular flexibility index (Phi) is 6.43. The first-order valence-corrected chi connectivity index (χ1v) is 10.7. The van der Waals surface area contributed by atoms with Gasteiger partial charge in [-0.3, -0.25) is 9.59 Å². The van der Waals surface area contributed by atoms with E-state index in [0.717, 1.165) is 5.56 Å². The Morgan fingerprint density at radius 1 is 1.19 bits per heavy atom. The minimum atomic E-state index is -0.457. The van der Waals surface area contributed by atoms with Crippen molar-refractivity contribution in [1.29, 1.82) is 0 Å². The van der Waals surface area contributed by atoms with Gasteiger partial charge in [0.05, 0.1) is 18.2 Å². The van der Waals surface area contributed by atoms with Crippen LogP contribution in [0.15, 0.2) is 60.9 Å². The van der Waals surface area contributed by atoms with Crippen molar-refractivity contribution in [3.05, 3.63) is 77.1 Å². The SMILES string of the molecule is CCOC(=O)c1cccc(NC(=O)CN2C=CN3NC(c4ccc(Cl)cc4)CC3C2=O)c1. The van der Waals surface area contributed by atoms with Gasteiger partial charge < -0.3 is 20.0 Å². The van der Waals surface area contributed by atoms with Crippen LogP contribution in [0.5, 0.6) is 0 Å². The number of hydrogen-bond donors (Lipinski definition) is 2. The summed E-state index contributed by atoms with van der Waals surface area (Å²) >= 11 is 5.96. The zero-order chi connectivity index (χ0) is 22.7. The van der Waals surface area contributed by atoms with E-state index in [-0.39, 0.29) is 31.0 Å². The molecule has 0 bridgehead atoms. The number of amides is 2. The topological polar surface area (TPSA) is 91.0 Å². The number of rotatable bonds is 6. The van der Waals surface area contributed by atoms with Crippen molar-refractivity contribution in [3.63, 3.8) is 0 Å². The van der Waals surface area contributed by atoms with Crippen LogP contribution < -0.4 is 10.7 Å². The fourth-order valence-corrected chi connectivity index (χ4v) is 3.90. The Bertz CT molecular complexity index is 1060. The molecule has 2 N–H and O–H groups in total. The molecule has 2 aromatic carbocycles. The summed E-state index contributed by atoms with van der Waals surface area (Å²) in [5.74, 6) is -0.980. The molecule has 2 atom stereocenters. The predicted octanol–water partition coefficient (Wildman–Crippen LogP) is 3.09. The standard InChI is InChI=1S/C23H23ClN4O4/c1-2-32-23(31)16-4-3-5-18(12-16)25-21(29)14-27-10-11-28-20(22(27)30)13-19(26-28)15-6-8-17(24)9-7-15/h3-12,19-20,26H,2,13-14H2,1H3,(H,25,29). The average molecular weight is 455 g/mol. The molecule has 2 aliphatic rings. The third-order valence-corrected chi connectivity index (χ3v) is 5.57. The van der Waals surface area contributed by atoms with Crippen molar-refractivity contribution < 1.29 is 19.1 Å². The highest BCUT2D eigenvalue weighted by molar-refractivity contribution is 6.30. The van der Waals surface area contributed by atoms with E-state index < -0.39 is 12.0 Å². The Hall–Kier alpha value is -3.36. The van der Waals surface area contributed by atoms with E-state index in [1.54, 1.807) is 48.6 Å². The summed E-state index contributed by atoms with van der Waals surface area (Å²) in [5, 5.41) is 5.16. The van der Waals surface area contributed by atoms with E-state index in [1.165, 1.54) is 4.90 Å². The summed E-state index contributed by atoms with van der Waals surface area (Å²) in [6.07, 6.45) is 3.92. The van der Waals surface area contributed by atoms with E-state index in [1.807, 2.05) is 24.3 Å². The number of esters is 1. The number of fused-ring (bicyclic) bond motifs is 1. The van der Waals surface area contributed by atoms with Crippen LogP contribution in [0.25, 0.3) is 0 Å². The highest BCUT2D eigenvalue weighted by atomic mass is 35.5. The van der Waals surface area contributed by atoms with Crippen molar-refractivity contribution in [2.45, 2.75) is 25.4 Å². The van der Waals surface area contributed by atoms with E-state index >= 15 is 0 Å². The molecule has 0 aliphatic carbocycles. The third kappa shape index (κ3) is 4.76. The average Bonchev–Trinajstić information content (AvgIpc) is 3.22. The predicted molar refractivity (Wildman–Crippen MR) is 119 cm³/mol. The quantitative estimate of drug-likeness (QED) is 0.652. The lowest BCUT2D eigenvalue weighted by atomic mass is 10.0. The Morgan fingerprint density at radius 2 is 1.97 bits per heavy atom. The first kappa shape index (κ1) is 21.9. The minimum Gasteiger partial charge on any atom is -0.462 e. The van der Waals surface area contributed by atoms with Crippen LogP contribution in [0, 0.1) is 0 Å². The number of halogens is 1. The molecule has 0 radical (unpaired) electrons. The highest BCUT2D eigenvalue weighted by Gasteiger charge is 2.40. The lowest BCUT2D eigenvalue weighted by molar-refractivity contribution is -0.137. The molecule has 0 saturated carbocycles. The van der Waals surface area contributed by atoms with Gasteiger partial charge in [-0.25, -0.2) is 10.2 Å². The van der Waals surface area contributed by atoms with E-state index in [9.17, 15) is 14.4 Å².